The Morgan fingerprint density at radius 2 is 1.97 bits per heavy atom. The summed E-state index contributed by atoms with van der Waals surface area (Å²) < 4.78 is 5.29. The minimum Gasteiger partial charge on any atom is -0.466 e. The highest BCUT2D eigenvalue weighted by Crippen LogP contribution is 2.60. The molecular formula is C29H36N2O3. The summed E-state index contributed by atoms with van der Waals surface area (Å²) in [6.07, 6.45) is 4.62. The summed E-state index contributed by atoms with van der Waals surface area (Å²) >= 11 is 0. The van der Waals surface area contributed by atoms with E-state index in [1.54, 1.807) is 0 Å². The van der Waals surface area contributed by atoms with Gasteiger partial charge in [0.15, 0.2) is 0 Å². The molecule has 0 aromatic heterocycles. The molecule has 3 aliphatic rings. The van der Waals surface area contributed by atoms with E-state index < -0.39 is 0 Å². The summed E-state index contributed by atoms with van der Waals surface area (Å²) in [5.74, 6) is 0.285. The predicted molar refractivity (Wildman–Crippen MR) is 134 cm³/mol. The number of likely N-dealkylation sites (tertiary alicyclic amines) is 1. The normalized spacial score (nSPS) is 26.4. The lowest BCUT2D eigenvalue weighted by molar-refractivity contribution is -0.136. The molecule has 1 aliphatic carbocycles. The van der Waals surface area contributed by atoms with Crippen molar-refractivity contribution in [2.45, 2.75) is 57.0 Å². The van der Waals surface area contributed by atoms with Crippen molar-refractivity contribution in [2.75, 3.05) is 25.6 Å². The lowest BCUT2D eigenvalue weighted by Crippen LogP contribution is -2.52. The number of aliphatic hydroxyl groups excluding tert-OH is 1. The molecular weight excluding hydrogens is 424 g/mol. The molecule has 5 nitrogen and oxygen atoms in total. The van der Waals surface area contributed by atoms with Gasteiger partial charge in [-0.15, -0.1) is 0 Å². The Morgan fingerprint density at radius 3 is 2.71 bits per heavy atom. The monoisotopic (exact) mass is 460 g/mol. The Labute approximate surface area is 202 Å². The first-order valence-corrected chi connectivity index (χ1v) is 12.7. The van der Waals surface area contributed by atoms with Crippen LogP contribution in [-0.4, -0.2) is 42.3 Å². The maximum atomic E-state index is 13.1. The van der Waals surface area contributed by atoms with Crippen LogP contribution >= 0.6 is 0 Å². The van der Waals surface area contributed by atoms with Gasteiger partial charge in [0.1, 0.15) is 0 Å². The number of fused-ring (bicyclic) bond motifs is 1. The van der Waals surface area contributed by atoms with Crippen LogP contribution in [0, 0.1) is 11.8 Å². The molecule has 2 N–H and O–H groups in total. The zero-order valence-corrected chi connectivity index (χ0v) is 20.3. The number of aliphatic hydroxyl groups is 1. The van der Waals surface area contributed by atoms with Crippen LogP contribution in [0.25, 0.3) is 0 Å². The topological polar surface area (TPSA) is 61.8 Å². The van der Waals surface area contributed by atoms with Crippen molar-refractivity contribution >= 4 is 11.7 Å². The Kier molecular flexibility index (Phi) is 6.50. The first kappa shape index (κ1) is 23.1. The van der Waals surface area contributed by atoms with Crippen molar-refractivity contribution in [1.29, 1.82) is 0 Å². The highest BCUT2D eigenvalue weighted by atomic mass is 16.5. The molecule has 0 saturated carbocycles. The largest absolute Gasteiger partial charge is 0.466 e. The summed E-state index contributed by atoms with van der Waals surface area (Å²) in [7, 11) is 1.48. The van der Waals surface area contributed by atoms with Crippen LogP contribution in [0.1, 0.15) is 50.2 Å². The average Bonchev–Trinajstić information content (AvgIpc) is 3.41. The second kappa shape index (κ2) is 9.55. The van der Waals surface area contributed by atoms with Gasteiger partial charge in [-0.05, 0) is 54.7 Å². The summed E-state index contributed by atoms with van der Waals surface area (Å²) in [5, 5.41) is 13.8. The van der Waals surface area contributed by atoms with Crippen LogP contribution in [0.4, 0.5) is 5.69 Å². The number of esters is 1. The number of anilines is 1. The van der Waals surface area contributed by atoms with E-state index in [4.69, 9.17) is 4.74 Å². The number of ether oxygens (including phenoxy) is 1. The van der Waals surface area contributed by atoms with Gasteiger partial charge >= 0.3 is 5.97 Å². The van der Waals surface area contributed by atoms with Crippen molar-refractivity contribution in [3.05, 3.63) is 77.0 Å². The minimum absolute atomic E-state index is 0.196. The fourth-order valence-corrected chi connectivity index (χ4v) is 7.00. The number of methoxy groups -OCH3 is 1. The van der Waals surface area contributed by atoms with Gasteiger partial charge < -0.3 is 15.2 Å². The van der Waals surface area contributed by atoms with Crippen LogP contribution in [-0.2, 0) is 21.5 Å². The second-order valence-corrected chi connectivity index (χ2v) is 10.2. The van der Waals surface area contributed by atoms with Gasteiger partial charge in [0.05, 0.1) is 18.1 Å². The van der Waals surface area contributed by atoms with Crippen LogP contribution in [0.2, 0.25) is 0 Å². The van der Waals surface area contributed by atoms with Gasteiger partial charge in [0.25, 0.3) is 0 Å². The van der Waals surface area contributed by atoms with Crippen LogP contribution < -0.4 is 5.32 Å². The highest BCUT2D eigenvalue weighted by molar-refractivity contribution is 5.93. The van der Waals surface area contributed by atoms with E-state index in [-0.39, 0.29) is 35.9 Å². The molecule has 0 radical (unpaired) electrons. The van der Waals surface area contributed by atoms with E-state index in [1.165, 1.54) is 18.2 Å². The lowest BCUT2D eigenvalue weighted by atomic mass is 9.61. The molecule has 2 aromatic rings. The third-order valence-electron chi connectivity index (χ3n) is 8.27. The molecule has 4 unspecified atom stereocenters. The number of hydrogen-bond donors (Lipinski definition) is 2. The quantitative estimate of drug-likeness (QED) is 0.551. The predicted octanol–water partition coefficient (Wildman–Crippen LogP) is 4.87. The first-order valence-electron chi connectivity index (χ1n) is 12.7. The third kappa shape index (κ3) is 3.75. The molecule has 1 fully saturated rings. The van der Waals surface area contributed by atoms with Gasteiger partial charge in [-0.3, -0.25) is 4.90 Å². The van der Waals surface area contributed by atoms with Crippen molar-refractivity contribution in [1.82, 2.24) is 4.90 Å². The summed E-state index contributed by atoms with van der Waals surface area (Å²) in [5.41, 5.74) is 5.31. The smallest absolute Gasteiger partial charge is 0.335 e. The Bertz CT molecular complexity index is 1070. The van der Waals surface area contributed by atoms with Gasteiger partial charge in [-0.1, -0.05) is 61.9 Å². The number of carbonyl (C=O) groups is 1. The Morgan fingerprint density at radius 1 is 1.21 bits per heavy atom. The third-order valence-corrected chi connectivity index (χ3v) is 8.27. The van der Waals surface area contributed by atoms with Crippen molar-refractivity contribution in [3.63, 3.8) is 0 Å². The number of hydrogen-bond acceptors (Lipinski definition) is 5. The summed E-state index contributed by atoms with van der Waals surface area (Å²) in [6, 6.07) is 19.5. The number of benzene rings is 2. The highest BCUT2D eigenvalue weighted by Gasteiger charge is 2.60. The van der Waals surface area contributed by atoms with E-state index in [0.717, 1.165) is 55.7 Å². The standard InChI is InChI=1S/C29H36N2O3/c1-3-9-21(19-32)16-22-17-23(28(33)34-2)26-29(24-12-7-8-13-25(24)30-26)14-15-31(27(22)29)18-20-10-5-4-6-11-20/h4-8,10-13,21-22,27,30,32H,3,9,14-19H2,1-2H3. The van der Waals surface area contributed by atoms with Gasteiger partial charge in [0, 0.05) is 37.1 Å². The maximum absolute atomic E-state index is 13.1. The van der Waals surface area contributed by atoms with Crippen molar-refractivity contribution < 1.29 is 14.6 Å². The fraction of sp³-hybridized carbons (Fsp3) is 0.483. The Balaban J connectivity index is 1.63. The van der Waals surface area contributed by atoms with Crippen LogP contribution in [0.3, 0.4) is 0 Å². The van der Waals surface area contributed by atoms with Crippen LogP contribution in [0.15, 0.2) is 65.9 Å². The zero-order chi connectivity index (χ0) is 23.7. The SMILES string of the molecule is CCCC(CO)CC1CC(C(=O)OC)=C2Nc3ccccc3C23CCN(Cc2ccccc2)C13. The van der Waals surface area contributed by atoms with E-state index >= 15 is 0 Å². The van der Waals surface area contributed by atoms with E-state index in [1.807, 2.05) is 0 Å². The number of para-hydroxylation sites is 1. The zero-order valence-electron chi connectivity index (χ0n) is 20.3. The van der Waals surface area contributed by atoms with E-state index in [9.17, 15) is 9.90 Å². The molecule has 2 aliphatic heterocycles. The summed E-state index contributed by atoms with van der Waals surface area (Å²) in [4.78, 5) is 15.7. The fourth-order valence-electron chi connectivity index (χ4n) is 7.00. The van der Waals surface area contributed by atoms with Gasteiger partial charge in [0.2, 0.25) is 0 Å². The molecule has 5 rings (SSSR count). The summed E-state index contributed by atoms with van der Waals surface area (Å²) in [6.45, 7) is 4.24. The average molecular weight is 461 g/mol. The maximum Gasteiger partial charge on any atom is 0.335 e. The molecule has 180 valence electrons. The molecule has 5 heteroatoms. The molecule has 2 heterocycles. The molecule has 0 bridgehead atoms. The number of nitrogens with one attached hydrogen (secondary N) is 1. The molecule has 1 spiro atoms. The minimum atomic E-state index is -0.246. The molecule has 1 saturated heterocycles. The molecule has 2 aromatic carbocycles. The van der Waals surface area contributed by atoms with E-state index in [2.05, 4.69) is 71.7 Å². The molecule has 0 amide bonds. The van der Waals surface area contributed by atoms with Crippen LogP contribution in [0.5, 0.6) is 0 Å². The Hall–Kier alpha value is -2.63. The van der Waals surface area contributed by atoms with Gasteiger partial charge in [-0.2, -0.15) is 0 Å². The van der Waals surface area contributed by atoms with Crippen molar-refractivity contribution in [2.24, 2.45) is 11.8 Å². The lowest BCUT2D eigenvalue weighted by Gasteiger charge is -2.46. The molecule has 34 heavy (non-hydrogen) atoms. The first-order chi connectivity index (χ1) is 16.6. The molecule has 4 atom stereocenters. The number of rotatable bonds is 8. The van der Waals surface area contributed by atoms with Gasteiger partial charge in [-0.25, -0.2) is 4.79 Å². The van der Waals surface area contributed by atoms with Crippen molar-refractivity contribution in [3.8, 4) is 0 Å². The second-order valence-electron chi connectivity index (χ2n) is 10.2. The number of nitrogens with zero attached hydrogens (tertiary/aromatic N) is 1. The van der Waals surface area contributed by atoms with E-state index in [0.29, 0.717) is 6.42 Å². The number of carbonyl (C=O) groups excluding carboxylic acids is 1.